The van der Waals surface area contributed by atoms with Crippen LogP contribution < -0.4 is 0 Å². The summed E-state index contributed by atoms with van der Waals surface area (Å²) < 4.78 is 7.02. The van der Waals surface area contributed by atoms with Crippen molar-refractivity contribution in [2.75, 3.05) is 0 Å². The second-order valence-corrected chi connectivity index (χ2v) is 43.0. The summed E-state index contributed by atoms with van der Waals surface area (Å²) in [7, 11) is 0. The van der Waals surface area contributed by atoms with Crippen molar-refractivity contribution in [3.8, 4) is 0 Å². The van der Waals surface area contributed by atoms with Gasteiger partial charge in [0, 0.05) is 0 Å². The van der Waals surface area contributed by atoms with Gasteiger partial charge in [0.2, 0.25) is 0 Å². The van der Waals surface area contributed by atoms with E-state index in [4.69, 9.17) is 0 Å². The van der Waals surface area contributed by atoms with E-state index in [0.717, 1.165) is 7.25 Å². The van der Waals surface area contributed by atoms with Crippen molar-refractivity contribution < 1.29 is 17.4 Å². The van der Waals surface area contributed by atoms with Crippen LogP contribution in [0.4, 0.5) is 0 Å². The van der Waals surface area contributed by atoms with Crippen molar-refractivity contribution in [2.45, 2.75) is 66.9 Å². The third kappa shape index (κ3) is 4.70. The van der Waals surface area contributed by atoms with Crippen molar-refractivity contribution in [2.24, 2.45) is 0 Å². The van der Waals surface area contributed by atoms with Crippen LogP contribution in [0.25, 0.3) is 0 Å². The van der Waals surface area contributed by atoms with Crippen molar-refractivity contribution >= 4 is 31.7 Å². The number of hydrogen-bond donors (Lipinski definition) is 0. The van der Waals surface area contributed by atoms with E-state index in [-0.39, 0.29) is 24.8 Å². The van der Waals surface area contributed by atoms with Crippen molar-refractivity contribution in [3.05, 3.63) is 118 Å². The number of rotatable bonds is 4. The van der Waals surface area contributed by atoms with Gasteiger partial charge in [-0.25, -0.2) is 0 Å². The molecule has 0 N–H and O–H groups in total. The Labute approximate surface area is 232 Å². The summed E-state index contributed by atoms with van der Waals surface area (Å²) >= 11 is -3.19. The van der Waals surface area contributed by atoms with Gasteiger partial charge in [-0.2, -0.15) is 0 Å². The number of hydrogen-bond acceptors (Lipinski definition) is 0. The van der Waals surface area contributed by atoms with E-state index in [9.17, 15) is 0 Å². The topological polar surface area (TPSA) is 0 Å². The minimum atomic E-state index is -3.19. The molecule has 4 aliphatic carbocycles. The van der Waals surface area contributed by atoms with Crippen LogP contribution in [0.5, 0.6) is 0 Å². The fraction of sp³-hybridized carbons (Fsp3) is 0.375. The summed E-state index contributed by atoms with van der Waals surface area (Å²) in [5.41, 5.74) is 10.0. The van der Waals surface area contributed by atoms with E-state index in [1.807, 2.05) is 11.1 Å². The predicted molar refractivity (Wildman–Crippen MR) is 161 cm³/mol. The first kappa shape index (κ1) is 28.1. The molecule has 36 heavy (non-hydrogen) atoms. The summed E-state index contributed by atoms with van der Waals surface area (Å²) in [6.07, 6.45) is 18.4. The molecule has 4 atom stereocenters. The first-order valence-electron chi connectivity index (χ1n) is 13.4. The van der Waals surface area contributed by atoms with Gasteiger partial charge in [0.25, 0.3) is 0 Å². The molecule has 0 amide bonds. The average Bonchev–Trinajstić information content (AvgIpc) is 3.51. The third-order valence-electron chi connectivity index (χ3n) is 9.50. The van der Waals surface area contributed by atoms with Crippen LogP contribution in [0.1, 0.15) is 61.5 Å². The van der Waals surface area contributed by atoms with Crippen LogP contribution in [-0.2, 0) is 17.4 Å². The zero-order valence-electron chi connectivity index (χ0n) is 21.7. The molecule has 2 aromatic rings. The molecule has 4 heteroatoms. The second kappa shape index (κ2) is 10.7. The molecule has 2 aromatic carbocycles. The van der Waals surface area contributed by atoms with E-state index >= 15 is 0 Å². The SMILES string of the molecule is Cl.Cl.[CH3][Zr]([CH3])(=[SiH2])([CH]1C=CC2=C1CCCC2c1ccccc1)[CH]1C=CC2=C1CCCC2c1ccccc1. The first-order chi connectivity index (χ1) is 16.4. The Balaban J connectivity index is 0.00000152. The van der Waals surface area contributed by atoms with Gasteiger partial charge in [0.1, 0.15) is 0 Å². The maximum atomic E-state index is 2.79. The van der Waals surface area contributed by atoms with Crippen molar-refractivity contribution in [1.82, 2.24) is 0 Å². The van der Waals surface area contributed by atoms with Crippen LogP contribution in [0, 0.1) is 0 Å². The van der Waals surface area contributed by atoms with E-state index in [0.29, 0.717) is 11.8 Å². The Hall–Kier alpha value is -0.920. The van der Waals surface area contributed by atoms with E-state index < -0.39 is 17.4 Å². The van der Waals surface area contributed by atoms with Crippen LogP contribution in [0.2, 0.25) is 16.5 Å². The molecular weight excluding hydrogens is 575 g/mol. The van der Waals surface area contributed by atoms with Crippen molar-refractivity contribution in [1.29, 1.82) is 0 Å². The van der Waals surface area contributed by atoms with Crippen LogP contribution in [0.3, 0.4) is 0 Å². The fourth-order valence-corrected chi connectivity index (χ4v) is 24.0. The Morgan fingerprint density at radius 3 is 1.42 bits per heavy atom. The molecule has 0 aliphatic heterocycles. The Morgan fingerprint density at radius 1 is 0.639 bits per heavy atom. The summed E-state index contributed by atoms with van der Waals surface area (Å²) in [5, 5.41) is 0. The molecular formula is C32H40Cl2SiZr. The number of benzene rings is 2. The third-order valence-corrected chi connectivity index (χ3v) is 27.4. The van der Waals surface area contributed by atoms with Crippen LogP contribution in [0.15, 0.2) is 107 Å². The van der Waals surface area contributed by atoms with Crippen molar-refractivity contribution in [3.63, 3.8) is 0 Å². The van der Waals surface area contributed by atoms with Gasteiger partial charge in [0.15, 0.2) is 0 Å². The number of halogens is 2. The van der Waals surface area contributed by atoms with E-state index in [2.05, 4.69) is 101 Å². The molecule has 0 spiro atoms. The summed E-state index contributed by atoms with van der Waals surface area (Å²) in [6, 6.07) is 22.6. The molecule has 0 heterocycles. The predicted octanol–water partition coefficient (Wildman–Crippen LogP) is 9.41. The summed E-state index contributed by atoms with van der Waals surface area (Å²) in [4.78, 5) is 0. The van der Waals surface area contributed by atoms with Gasteiger partial charge < -0.3 is 0 Å². The Bertz CT molecular complexity index is 1200. The molecule has 0 saturated heterocycles. The molecule has 4 aliphatic rings. The van der Waals surface area contributed by atoms with Crippen LogP contribution in [-0.4, -0.2) is 6.88 Å². The minimum absolute atomic E-state index is 0. The van der Waals surface area contributed by atoms with Gasteiger partial charge in [-0.1, -0.05) is 0 Å². The second-order valence-electron chi connectivity index (χ2n) is 12.3. The van der Waals surface area contributed by atoms with Gasteiger partial charge in [-0.3, -0.25) is 0 Å². The average molecular weight is 615 g/mol. The molecule has 4 unspecified atom stereocenters. The zero-order chi connectivity index (χ0) is 23.4. The molecule has 0 nitrogen and oxygen atoms in total. The number of allylic oxidation sites excluding steroid dienone is 8. The Morgan fingerprint density at radius 2 is 1.03 bits per heavy atom. The standard InChI is InChI=1S/2C15H15.2CH3.2ClH.H2Si.Zr/c2*1-2-6-12(7-3-1)14-10-4-8-13-9-5-11-15(13)14;;;;;;/h2*1-3,5-7,9,11,14H,4,8,10H2;2*1H3;2*1H;1H2;. The Kier molecular flexibility index (Phi) is 8.34. The summed E-state index contributed by atoms with van der Waals surface area (Å²) in [6.45, 7) is 2.49. The molecule has 190 valence electrons. The van der Waals surface area contributed by atoms with Gasteiger partial charge >= 0.3 is 210 Å². The molecule has 0 saturated carbocycles. The van der Waals surface area contributed by atoms with Crippen LogP contribution >= 0.6 is 24.8 Å². The van der Waals surface area contributed by atoms with Gasteiger partial charge in [-0.05, 0) is 0 Å². The van der Waals surface area contributed by atoms with E-state index in [1.165, 1.54) is 49.7 Å². The maximum absolute atomic E-state index is 3.19. The first-order valence-corrected chi connectivity index (χ1v) is 27.1. The molecule has 0 bridgehead atoms. The van der Waals surface area contributed by atoms with Gasteiger partial charge in [0.05, 0.1) is 0 Å². The quantitative estimate of drug-likeness (QED) is 0.301. The molecule has 0 radical (unpaired) electrons. The molecule has 6 rings (SSSR count). The van der Waals surface area contributed by atoms with E-state index in [1.54, 1.807) is 11.1 Å². The zero-order valence-corrected chi connectivity index (χ0v) is 27.2. The fourth-order valence-electron chi connectivity index (χ4n) is 7.82. The molecule has 0 fully saturated rings. The van der Waals surface area contributed by atoms with Gasteiger partial charge in [-0.15, -0.1) is 24.8 Å². The molecule has 0 aromatic heterocycles. The normalized spacial score (nSPS) is 27.3. The summed E-state index contributed by atoms with van der Waals surface area (Å²) in [5.74, 6) is 1.21. The monoisotopic (exact) mass is 612 g/mol.